The van der Waals surface area contributed by atoms with Crippen LogP contribution in [0.15, 0.2) is 101 Å². The van der Waals surface area contributed by atoms with E-state index in [1.807, 2.05) is 0 Å². The minimum absolute atomic E-state index is 0.0683. The molecule has 1 aromatic heterocycles. The third kappa shape index (κ3) is 9.17. The van der Waals surface area contributed by atoms with Crippen LogP contribution in [0.3, 0.4) is 0 Å². The summed E-state index contributed by atoms with van der Waals surface area (Å²) in [4.78, 5) is 32.3. The van der Waals surface area contributed by atoms with Gasteiger partial charge in [-0.2, -0.15) is 13.2 Å². The number of thioether (sulfide) groups is 1. The van der Waals surface area contributed by atoms with Crippen LogP contribution in [0.5, 0.6) is 0 Å². The molecule has 6 rings (SSSR count). The number of likely N-dealkylation sites (tertiary alicyclic amines) is 1. The fourth-order valence-electron chi connectivity index (χ4n) is 6.21. The van der Waals surface area contributed by atoms with E-state index in [9.17, 15) is 29.5 Å². The molecule has 12 heteroatoms. The van der Waals surface area contributed by atoms with Gasteiger partial charge in [0.15, 0.2) is 17.1 Å². The molecule has 4 aromatic carbocycles. The van der Waals surface area contributed by atoms with Crippen LogP contribution in [0.1, 0.15) is 43.3 Å². The zero-order chi connectivity index (χ0) is 43.0. The van der Waals surface area contributed by atoms with Gasteiger partial charge in [-0.3, -0.25) is 9.59 Å². The minimum Gasteiger partial charge on any atom is -0.383 e. The average Bonchev–Trinajstić information content (AvgIpc) is 3.22. The maximum absolute atomic E-state index is 15.0. The Morgan fingerprint density at radius 1 is 1.00 bits per heavy atom. The van der Waals surface area contributed by atoms with Gasteiger partial charge in [0, 0.05) is 62.1 Å². The Hall–Kier alpha value is -4.52. The zero-order valence-electron chi connectivity index (χ0n) is 34.9. The monoisotopic (exact) mass is 755 g/mol. The molecule has 1 aliphatic heterocycles. The van der Waals surface area contributed by atoms with Gasteiger partial charge in [-0.15, -0.1) is 11.8 Å². The van der Waals surface area contributed by atoms with E-state index in [-0.39, 0.29) is 17.7 Å². The average molecular weight is 756 g/mol. The first-order valence-corrected chi connectivity index (χ1v) is 17.9. The smallest absolute Gasteiger partial charge is 0.383 e. The summed E-state index contributed by atoms with van der Waals surface area (Å²) in [6.45, 7) is 0.176. The van der Waals surface area contributed by atoms with Crippen molar-refractivity contribution >= 4 is 28.6 Å². The van der Waals surface area contributed by atoms with Crippen LogP contribution in [0.2, 0.25) is 0 Å². The Balaban J connectivity index is 1.45. The second kappa shape index (κ2) is 16.7. The van der Waals surface area contributed by atoms with Crippen LogP contribution >= 0.6 is 11.8 Å². The van der Waals surface area contributed by atoms with Gasteiger partial charge in [0.05, 0.1) is 30.9 Å². The van der Waals surface area contributed by atoms with Crippen LogP contribution in [0, 0.1) is 18.6 Å². The van der Waals surface area contributed by atoms with Gasteiger partial charge in [-0.1, -0.05) is 60.1 Å². The molecule has 0 saturated carbocycles. The highest BCUT2D eigenvalue weighted by Crippen LogP contribution is 2.32. The first-order valence-electron chi connectivity index (χ1n) is 19.9. The summed E-state index contributed by atoms with van der Waals surface area (Å²) in [5.41, 5.74) is -1.01. The lowest BCUT2D eigenvalue weighted by atomic mass is 10.00. The van der Waals surface area contributed by atoms with Crippen molar-refractivity contribution in [2.45, 2.75) is 55.8 Å². The fourth-order valence-corrected chi connectivity index (χ4v) is 7.15. The van der Waals surface area contributed by atoms with Gasteiger partial charge in [0.2, 0.25) is 5.91 Å². The van der Waals surface area contributed by atoms with Gasteiger partial charge in [0.1, 0.15) is 6.50 Å². The number of alkyl halides is 3. The number of nitrogens with zero attached hydrogens (tertiary/aromatic N) is 3. The van der Waals surface area contributed by atoms with Gasteiger partial charge in [-0.25, -0.2) is 8.78 Å². The van der Waals surface area contributed by atoms with E-state index in [4.69, 9.17) is 10.2 Å². The molecule has 0 unspecified atom stereocenters. The second-order valence-electron chi connectivity index (χ2n) is 12.7. The van der Waals surface area contributed by atoms with Gasteiger partial charge in [0.25, 0.3) is 0 Å². The van der Waals surface area contributed by atoms with Crippen molar-refractivity contribution in [1.29, 1.82) is 0 Å². The van der Waals surface area contributed by atoms with E-state index in [2.05, 4.69) is 4.90 Å². The summed E-state index contributed by atoms with van der Waals surface area (Å²) in [5, 5.41) is -1.03. The molecule has 6 nitrogen and oxygen atoms in total. The lowest BCUT2D eigenvalue weighted by molar-refractivity contribution is -0.137. The second-order valence-corrected chi connectivity index (χ2v) is 13.7. The Morgan fingerprint density at radius 2 is 1.68 bits per heavy atom. The van der Waals surface area contributed by atoms with Crippen molar-refractivity contribution in [3.8, 4) is 11.1 Å². The molecule has 53 heavy (non-hydrogen) atoms. The Bertz CT molecular complexity index is 2430. The molecule has 0 radical (unpaired) electrons. The van der Waals surface area contributed by atoms with E-state index in [0.29, 0.717) is 72.1 Å². The summed E-state index contributed by atoms with van der Waals surface area (Å²) >= 11 is 0.580. The largest absolute Gasteiger partial charge is 0.416 e. The molecular weight excluding hydrogens is 710 g/mol. The number of pyridine rings is 1. The normalized spacial score (nSPS) is 16.1. The number of benzene rings is 4. The molecule has 0 N–H and O–H groups in total. The van der Waals surface area contributed by atoms with Gasteiger partial charge in [-0.05, 0) is 66.7 Å². The molecule has 0 aliphatic carbocycles. The molecule has 2 heterocycles. The first-order chi connectivity index (χ1) is 27.9. The topological polar surface area (TPSA) is 54.8 Å². The van der Waals surface area contributed by atoms with Crippen LogP contribution in [0.25, 0.3) is 22.0 Å². The van der Waals surface area contributed by atoms with Crippen molar-refractivity contribution in [2.24, 2.45) is 0 Å². The fraction of sp³-hybridized carbons (Fsp3) is 0.317. The lowest BCUT2D eigenvalue weighted by Gasteiger charge is -2.39. The molecular formula is C41H40F5N3O3S. The maximum atomic E-state index is 15.0. The minimum atomic E-state index is -4.50. The van der Waals surface area contributed by atoms with E-state index in [0.717, 1.165) is 18.2 Å². The predicted octanol–water partition coefficient (Wildman–Crippen LogP) is 8.71. The van der Waals surface area contributed by atoms with Crippen LogP contribution < -0.4 is 5.43 Å². The predicted molar refractivity (Wildman–Crippen MR) is 198 cm³/mol. The number of amides is 1. The number of methoxy groups -OCH3 is 1. The number of fused-ring (bicyclic) bond motifs is 1. The number of piperidine rings is 1. The van der Waals surface area contributed by atoms with Crippen LogP contribution in [-0.4, -0.2) is 59.7 Å². The number of ether oxygens (including phenoxy) is 1. The molecule has 1 aliphatic rings. The Kier molecular flexibility index (Phi) is 9.71. The van der Waals surface area contributed by atoms with Crippen molar-refractivity contribution in [2.75, 3.05) is 33.4 Å². The molecule has 0 bridgehead atoms. The van der Waals surface area contributed by atoms with Gasteiger partial charge >= 0.3 is 6.18 Å². The number of rotatable bonds is 12. The number of hydrogen-bond donors (Lipinski definition) is 0. The summed E-state index contributed by atoms with van der Waals surface area (Å²) in [7, 11) is 1.58. The molecule has 1 saturated heterocycles. The van der Waals surface area contributed by atoms with Crippen molar-refractivity contribution < 1.29 is 39.7 Å². The molecule has 0 atom stereocenters. The third-order valence-electron chi connectivity index (χ3n) is 9.12. The van der Waals surface area contributed by atoms with Crippen molar-refractivity contribution in [3.05, 3.63) is 135 Å². The highest BCUT2D eigenvalue weighted by Gasteiger charge is 2.31. The SMILES string of the molecule is [2H]c1c(C)c([2H])c2c(=O)c([2H])c(SCc3cccc(F)c3F)n(C([2H])([2H])C(=O)N(Cc3ccc(-c4ccc(C(F)(F)F)cc4)cc3)C3CCN(CCOC)CC3)c2c1[2H]. The van der Waals surface area contributed by atoms with Crippen molar-refractivity contribution in [3.63, 3.8) is 0 Å². The summed E-state index contributed by atoms with van der Waals surface area (Å²) < 4.78 is 129. The Morgan fingerprint density at radius 3 is 2.34 bits per heavy atom. The summed E-state index contributed by atoms with van der Waals surface area (Å²) in [5.74, 6) is -3.90. The highest BCUT2D eigenvalue weighted by molar-refractivity contribution is 7.98. The first kappa shape index (κ1) is 30.9. The number of hydrogen-bond acceptors (Lipinski definition) is 5. The highest BCUT2D eigenvalue weighted by atomic mass is 32.2. The quantitative estimate of drug-likeness (QED) is 0.0943. The standard InChI is InChI=1S/C41H40F5N3O3S/c1-27-6-15-36-34(22-27)37(50)23-39(53-26-31-4-3-5-35(42)40(31)43)49(36)25-38(51)48(33-16-18-47(19-17-33)20-21-52-2)24-28-7-9-29(10-8-28)30-11-13-32(14-12-30)41(44,45)46/h3-15,22-23,33H,16-21,24-26H2,1-2H3/i6D,15D,22D,23D,25D2. The zero-order valence-corrected chi connectivity index (χ0v) is 29.8. The lowest BCUT2D eigenvalue weighted by Crippen LogP contribution is -2.48. The maximum Gasteiger partial charge on any atom is 0.416 e. The molecule has 1 amide bonds. The number of carbonyl (C=O) groups excluding carboxylic acids is 1. The summed E-state index contributed by atoms with van der Waals surface area (Å²) in [6, 6.07) is 11.7. The van der Waals surface area contributed by atoms with Crippen LogP contribution in [0.4, 0.5) is 22.0 Å². The molecule has 1 fully saturated rings. The van der Waals surface area contributed by atoms with Gasteiger partial charge < -0.3 is 19.1 Å². The summed E-state index contributed by atoms with van der Waals surface area (Å²) in [6.07, 6.45) is -3.67. The van der Waals surface area contributed by atoms with E-state index in [1.165, 1.54) is 36.1 Å². The van der Waals surface area contributed by atoms with E-state index >= 15 is 4.79 Å². The van der Waals surface area contributed by atoms with E-state index in [1.54, 1.807) is 31.4 Å². The third-order valence-corrected chi connectivity index (χ3v) is 10.1. The van der Waals surface area contributed by atoms with Crippen molar-refractivity contribution in [1.82, 2.24) is 14.4 Å². The molecule has 278 valence electrons. The number of aromatic nitrogens is 1. The van der Waals surface area contributed by atoms with Crippen LogP contribution in [-0.2, 0) is 34.5 Å². The number of halogens is 5. The molecule has 5 aromatic rings. The number of carbonyl (C=O) groups is 1. The Labute approximate surface area is 317 Å². The molecule has 0 spiro atoms. The van der Waals surface area contributed by atoms with E-state index < -0.39 is 93.1 Å².